The molecule has 0 bridgehead atoms. The van der Waals surface area contributed by atoms with Crippen LogP contribution >= 0.6 is 37.2 Å². The molecule has 5 nitrogen and oxygen atoms in total. The zero-order valence-electron chi connectivity index (χ0n) is 14.8. The van der Waals surface area contributed by atoms with E-state index in [1.807, 2.05) is 12.1 Å². The number of nitrogens with one attached hydrogen (secondary N) is 1. The summed E-state index contributed by atoms with van der Waals surface area (Å²) in [4.78, 5) is 17.0. The van der Waals surface area contributed by atoms with Gasteiger partial charge in [-0.1, -0.05) is 19.1 Å². The smallest absolute Gasteiger partial charge is 0.253 e. The predicted molar refractivity (Wildman–Crippen MR) is 113 cm³/mol. The largest absolute Gasteiger partial charge is 0.398 e. The van der Waals surface area contributed by atoms with E-state index in [-0.39, 0.29) is 43.1 Å². The fourth-order valence-corrected chi connectivity index (χ4v) is 2.79. The Bertz CT molecular complexity index is 483. The maximum absolute atomic E-state index is 12.0. The molecule has 1 fully saturated rings. The van der Waals surface area contributed by atoms with Crippen LogP contribution in [0.3, 0.4) is 0 Å². The fourth-order valence-electron chi connectivity index (χ4n) is 2.79. The van der Waals surface area contributed by atoms with Crippen molar-refractivity contribution < 1.29 is 4.79 Å². The molecule has 25 heavy (non-hydrogen) atoms. The van der Waals surface area contributed by atoms with E-state index in [0.29, 0.717) is 17.8 Å². The summed E-state index contributed by atoms with van der Waals surface area (Å²) in [5.74, 6) is -0.0744. The average Bonchev–Trinajstić information content (AvgIpc) is 2.55. The molecule has 0 unspecified atom stereocenters. The van der Waals surface area contributed by atoms with Gasteiger partial charge in [-0.05, 0) is 38.1 Å². The summed E-state index contributed by atoms with van der Waals surface area (Å²) in [6.45, 7) is 9.91. The van der Waals surface area contributed by atoms with Gasteiger partial charge in [-0.3, -0.25) is 4.79 Å². The molecule has 0 spiro atoms. The lowest BCUT2D eigenvalue weighted by Gasteiger charge is -2.33. The van der Waals surface area contributed by atoms with Crippen LogP contribution in [0.4, 0.5) is 5.69 Å². The Morgan fingerprint density at radius 1 is 1.04 bits per heavy atom. The third kappa shape index (κ3) is 8.97. The maximum atomic E-state index is 12.0. The number of benzene rings is 1. The highest BCUT2D eigenvalue weighted by Crippen LogP contribution is 2.10. The number of anilines is 1. The van der Waals surface area contributed by atoms with Crippen LogP contribution in [0.2, 0.25) is 0 Å². The molecule has 0 saturated carbocycles. The first kappa shape index (κ1) is 26.5. The number of hydrogen-bond donors (Lipinski definition) is 2. The van der Waals surface area contributed by atoms with Gasteiger partial charge < -0.3 is 20.9 Å². The molecule has 0 aliphatic carbocycles. The van der Waals surface area contributed by atoms with Crippen molar-refractivity contribution >= 4 is 48.8 Å². The Labute approximate surface area is 169 Å². The minimum absolute atomic E-state index is 0. The van der Waals surface area contributed by atoms with E-state index < -0.39 is 0 Å². The lowest BCUT2D eigenvalue weighted by atomic mass is 10.1. The third-order valence-corrected chi connectivity index (χ3v) is 4.30. The second-order valence-electron chi connectivity index (χ2n) is 5.83. The van der Waals surface area contributed by atoms with E-state index in [0.717, 1.165) is 25.9 Å². The summed E-state index contributed by atoms with van der Waals surface area (Å²) in [5, 5.41) is 2.95. The highest BCUT2D eigenvalue weighted by atomic mass is 35.5. The van der Waals surface area contributed by atoms with Crippen molar-refractivity contribution in [2.75, 3.05) is 51.5 Å². The Morgan fingerprint density at radius 2 is 1.64 bits per heavy atom. The number of hydrogen-bond acceptors (Lipinski definition) is 4. The van der Waals surface area contributed by atoms with Gasteiger partial charge in [-0.2, -0.15) is 0 Å². The number of para-hydroxylation sites is 1. The Morgan fingerprint density at radius 3 is 2.24 bits per heavy atom. The Balaban J connectivity index is 0. The van der Waals surface area contributed by atoms with Gasteiger partial charge in [-0.25, -0.2) is 0 Å². The summed E-state index contributed by atoms with van der Waals surface area (Å²) in [6.07, 6.45) is 2.13. The van der Waals surface area contributed by atoms with Crippen LogP contribution in [-0.4, -0.2) is 61.5 Å². The number of nitrogens with zero attached hydrogens (tertiary/aromatic N) is 2. The number of nitrogen functional groups attached to an aromatic ring is 1. The van der Waals surface area contributed by atoms with Gasteiger partial charge >= 0.3 is 0 Å². The molecule has 1 saturated heterocycles. The highest BCUT2D eigenvalue weighted by Gasteiger charge is 2.14. The molecule has 2 rings (SSSR count). The molecule has 1 aliphatic rings. The molecule has 0 atom stereocenters. The Hall–Kier alpha value is -0.720. The molecule has 8 heteroatoms. The summed E-state index contributed by atoms with van der Waals surface area (Å²) in [7, 11) is 0. The van der Waals surface area contributed by atoms with Gasteiger partial charge in [0.1, 0.15) is 0 Å². The number of rotatable bonds is 7. The summed E-state index contributed by atoms with van der Waals surface area (Å²) >= 11 is 0. The SMILES string of the molecule is CCN1CCN(CCCCNC(=O)c2ccccc2N)CC1.Cl.Cl.Cl. The third-order valence-electron chi connectivity index (χ3n) is 4.30. The quantitative estimate of drug-likeness (QED) is 0.533. The summed E-state index contributed by atoms with van der Waals surface area (Å²) < 4.78 is 0. The molecule has 1 aromatic carbocycles. The number of likely N-dealkylation sites (N-methyl/N-ethyl adjacent to an activating group) is 1. The van der Waals surface area contributed by atoms with E-state index in [4.69, 9.17) is 5.73 Å². The van der Waals surface area contributed by atoms with E-state index in [9.17, 15) is 4.79 Å². The lowest BCUT2D eigenvalue weighted by molar-refractivity contribution is 0.0952. The van der Waals surface area contributed by atoms with Crippen LogP contribution in [0.1, 0.15) is 30.1 Å². The topological polar surface area (TPSA) is 61.6 Å². The van der Waals surface area contributed by atoms with Gasteiger partial charge in [-0.15, -0.1) is 37.2 Å². The van der Waals surface area contributed by atoms with E-state index in [1.54, 1.807) is 12.1 Å². The second kappa shape index (κ2) is 14.4. The molecule has 0 radical (unpaired) electrons. The van der Waals surface area contributed by atoms with Crippen molar-refractivity contribution in [3.63, 3.8) is 0 Å². The van der Waals surface area contributed by atoms with Gasteiger partial charge in [0.25, 0.3) is 5.91 Å². The minimum Gasteiger partial charge on any atom is -0.398 e. The zero-order chi connectivity index (χ0) is 15.8. The van der Waals surface area contributed by atoms with Crippen LogP contribution < -0.4 is 11.1 Å². The van der Waals surface area contributed by atoms with Crippen LogP contribution in [0.5, 0.6) is 0 Å². The molecule has 0 aromatic heterocycles. The number of amides is 1. The molecule has 1 aromatic rings. The van der Waals surface area contributed by atoms with Crippen molar-refractivity contribution in [2.24, 2.45) is 0 Å². The van der Waals surface area contributed by atoms with Crippen molar-refractivity contribution in [3.05, 3.63) is 29.8 Å². The van der Waals surface area contributed by atoms with E-state index in [1.165, 1.54) is 26.2 Å². The normalized spacial score (nSPS) is 14.6. The monoisotopic (exact) mass is 412 g/mol. The lowest BCUT2D eigenvalue weighted by Crippen LogP contribution is -2.46. The molecule has 146 valence electrons. The van der Waals surface area contributed by atoms with Crippen molar-refractivity contribution in [1.82, 2.24) is 15.1 Å². The summed E-state index contributed by atoms with van der Waals surface area (Å²) in [5.41, 5.74) is 6.90. The van der Waals surface area contributed by atoms with Gasteiger partial charge in [0.2, 0.25) is 0 Å². The fraction of sp³-hybridized carbons (Fsp3) is 0.588. The van der Waals surface area contributed by atoms with Crippen LogP contribution in [0, 0.1) is 0 Å². The van der Waals surface area contributed by atoms with Crippen LogP contribution in [-0.2, 0) is 0 Å². The average molecular weight is 414 g/mol. The number of halogens is 3. The number of carbonyl (C=O) groups is 1. The molecule has 1 aliphatic heterocycles. The highest BCUT2D eigenvalue weighted by molar-refractivity contribution is 5.99. The first-order valence-corrected chi connectivity index (χ1v) is 8.28. The standard InChI is InChI=1S/C17H28N4O.3ClH/c1-2-20-11-13-21(14-12-20)10-6-5-9-19-17(22)15-7-3-4-8-16(15)18;;;/h3-4,7-8H,2,5-6,9-14,18H2,1H3,(H,19,22);3*1H. The van der Waals surface area contributed by atoms with Gasteiger partial charge in [0.05, 0.1) is 5.56 Å². The van der Waals surface area contributed by atoms with Crippen LogP contribution in [0.25, 0.3) is 0 Å². The van der Waals surface area contributed by atoms with Crippen LogP contribution in [0.15, 0.2) is 24.3 Å². The molecular formula is C17H31Cl3N4O. The first-order valence-electron chi connectivity index (χ1n) is 8.28. The maximum Gasteiger partial charge on any atom is 0.253 e. The van der Waals surface area contributed by atoms with E-state index >= 15 is 0 Å². The number of carbonyl (C=O) groups excluding carboxylic acids is 1. The van der Waals surface area contributed by atoms with E-state index in [2.05, 4.69) is 22.0 Å². The van der Waals surface area contributed by atoms with Crippen molar-refractivity contribution in [3.8, 4) is 0 Å². The molecule has 1 heterocycles. The zero-order valence-corrected chi connectivity index (χ0v) is 17.2. The molecular weight excluding hydrogens is 383 g/mol. The molecule has 1 amide bonds. The Kier molecular flexibility index (Phi) is 15.3. The van der Waals surface area contributed by atoms with Crippen molar-refractivity contribution in [2.45, 2.75) is 19.8 Å². The summed E-state index contributed by atoms with van der Waals surface area (Å²) in [6, 6.07) is 7.19. The number of unbranched alkanes of at least 4 members (excludes halogenated alkanes) is 1. The first-order chi connectivity index (χ1) is 10.7. The predicted octanol–water partition coefficient (Wildman–Crippen LogP) is 2.68. The van der Waals surface area contributed by atoms with Crippen molar-refractivity contribution in [1.29, 1.82) is 0 Å². The van der Waals surface area contributed by atoms with Gasteiger partial charge in [0, 0.05) is 38.4 Å². The molecule has 3 N–H and O–H groups in total. The number of piperazine rings is 1. The second-order valence-corrected chi connectivity index (χ2v) is 5.83. The van der Waals surface area contributed by atoms with Gasteiger partial charge in [0.15, 0.2) is 0 Å². The minimum atomic E-state index is -0.0744. The number of nitrogens with two attached hydrogens (primary N) is 1.